The Morgan fingerprint density at radius 2 is 1.67 bits per heavy atom. The molecule has 0 atom stereocenters. The van der Waals surface area contributed by atoms with Crippen LogP contribution in [0, 0.1) is 5.41 Å². The Bertz CT molecular complexity index is 486. The maximum absolute atomic E-state index is 12.9. The molecule has 0 amide bonds. The Labute approximate surface area is 137 Å². The van der Waals surface area contributed by atoms with Crippen molar-refractivity contribution in [1.82, 2.24) is 0 Å². The molecule has 1 aliphatic carbocycles. The van der Waals surface area contributed by atoms with E-state index in [1.54, 1.807) is 0 Å². The average molecular weight is 350 g/mol. The largest absolute Gasteiger partial charge is 0.508 e. The van der Waals surface area contributed by atoms with Crippen molar-refractivity contribution in [2.75, 3.05) is 26.4 Å². The first-order valence-electron chi connectivity index (χ1n) is 7.89. The summed E-state index contributed by atoms with van der Waals surface area (Å²) in [4.78, 5) is 22.2. The molecule has 0 aromatic rings. The average Bonchev–Trinajstić information content (AvgIpc) is 2.55. The Morgan fingerprint density at radius 1 is 1.12 bits per heavy atom. The molecule has 3 fully saturated rings. The molecule has 0 bridgehead atoms. The lowest BCUT2D eigenvalue weighted by atomic mass is 9.86. The van der Waals surface area contributed by atoms with E-state index in [4.69, 9.17) is 23.7 Å². The molecule has 2 spiro atoms. The molecule has 2 aliphatic heterocycles. The zero-order chi connectivity index (χ0) is 17.4. The minimum Gasteiger partial charge on any atom is -0.458 e. The molecule has 24 heavy (non-hydrogen) atoms. The highest BCUT2D eigenvalue weighted by atomic mass is 19.3. The lowest BCUT2D eigenvalue weighted by Crippen LogP contribution is -2.56. The highest BCUT2D eigenvalue weighted by Crippen LogP contribution is 2.41. The Kier molecular flexibility index (Phi) is 4.41. The Hall–Kier alpha value is -1.48. The lowest BCUT2D eigenvalue weighted by Gasteiger charge is -2.48. The molecule has 0 N–H and O–H groups in total. The van der Waals surface area contributed by atoms with Crippen molar-refractivity contribution in [2.24, 2.45) is 5.41 Å². The molecule has 9 heteroatoms. The fraction of sp³-hybridized carbons (Fsp3) is 0.867. The number of carbonyl (C=O) groups excluding carboxylic acids is 2. The second-order valence-electron chi connectivity index (χ2n) is 6.81. The van der Waals surface area contributed by atoms with Crippen LogP contribution >= 0.6 is 0 Å². The lowest BCUT2D eigenvalue weighted by molar-refractivity contribution is -0.331. The number of carbonyl (C=O) groups is 2. The highest BCUT2D eigenvalue weighted by Gasteiger charge is 2.50. The molecule has 3 aliphatic rings. The van der Waals surface area contributed by atoms with Crippen LogP contribution < -0.4 is 0 Å². The molecule has 0 radical (unpaired) electrons. The number of cyclic esters (lactones) is 2. The van der Waals surface area contributed by atoms with Gasteiger partial charge in [0.15, 0.2) is 5.79 Å². The van der Waals surface area contributed by atoms with Crippen LogP contribution in [0.5, 0.6) is 0 Å². The highest BCUT2D eigenvalue weighted by molar-refractivity contribution is 5.77. The number of hydrogen-bond donors (Lipinski definition) is 0. The first-order valence-corrected chi connectivity index (χ1v) is 7.89. The van der Waals surface area contributed by atoms with E-state index in [0.717, 1.165) is 0 Å². The van der Waals surface area contributed by atoms with Gasteiger partial charge in [-0.15, -0.1) is 0 Å². The topological polar surface area (TPSA) is 80.3 Å². The first-order chi connectivity index (χ1) is 11.2. The molecule has 2 saturated heterocycles. The molecule has 0 aromatic heterocycles. The summed E-state index contributed by atoms with van der Waals surface area (Å²) < 4.78 is 52.1. The zero-order valence-corrected chi connectivity index (χ0v) is 13.3. The molecule has 1 saturated carbocycles. The van der Waals surface area contributed by atoms with Gasteiger partial charge in [0, 0.05) is 19.8 Å². The SMILES string of the molecule is CC(F)(F)C(=O)OC1CCC2(CC1)OCC1(COC(=O)OC1)CO2. The van der Waals surface area contributed by atoms with E-state index in [9.17, 15) is 18.4 Å². The standard InChI is InChI=1S/C15H20F2O7/c1-13(16,17)11(18)24-10-2-4-15(5-3-10)22-8-14(9-23-15)6-20-12(19)21-7-14/h10H,2-9H2,1H3. The monoisotopic (exact) mass is 350 g/mol. The maximum atomic E-state index is 12.9. The molecule has 136 valence electrons. The van der Waals surface area contributed by atoms with Crippen molar-refractivity contribution in [1.29, 1.82) is 0 Å². The summed E-state index contributed by atoms with van der Waals surface area (Å²) in [6.07, 6.45) is 0.404. The van der Waals surface area contributed by atoms with E-state index in [-0.39, 0.29) is 13.2 Å². The molecule has 2 heterocycles. The summed E-state index contributed by atoms with van der Waals surface area (Å²) in [7, 11) is 0. The van der Waals surface area contributed by atoms with Crippen molar-refractivity contribution < 1.29 is 42.1 Å². The summed E-state index contributed by atoms with van der Waals surface area (Å²) >= 11 is 0. The van der Waals surface area contributed by atoms with Gasteiger partial charge in [-0.3, -0.25) is 0 Å². The van der Waals surface area contributed by atoms with Gasteiger partial charge in [0.05, 0.1) is 18.6 Å². The van der Waals surface area contributed by atoms with Gasteiger partial charge in [0.25, 0.3) is 0 Å². The van der Waals surface area contributed by atoms with Crippen molar-refractivity contribution in [3.63, 3.8) is 0 Å². The smallest absolute Gasteiger partial charge is 0.458 e. The summed E-state index contributed by atoms with van der Waals surface area (Å²) in [5.41, 5.74) is -0.507. The van der Waals surface area contributed by atoms with E-state index >= 15 is 0 Å². The van der Waals surface area contributed by atoms with E-state index in [1.165, 1.54) is 0 Å². The van der Waals surface area contributed by atoms with Crippen molar-refractivity contribution in [3.8, 4) is 0 Å². The summed E-state index contributed by atoms with van der Waals surface area (Å²) in [5, 5.41) is 0. The number of rotatable bonds is 2. The molecule has 0 aromatic carbocycles. The first kappa shape index (κ1) is 17.3. The molecular weight excluding hydrogens is 330 g/mol. The number of esters is 1. The van der Waals surface area contributed by atoms with Crippen molar-refractivity contribution >= 4 is 12.1 Å². The van der Waals surface area contributed by atoms with Crippen LogP contribution in [-0.2, 0) is 28.5 Å². The Morgan fingerprint density at radius 3 is 2.17 bits per heavy atom. The van der Waals surface area contributed by atoms with Gasteiger partial charge in [0.2, 0.25) is 0 Å². The minimum atomic E-state index is -3.49. The summed E-state index contributed by atoms with van der Waals surface area (Å²) in [6.45, 7) is 1.50. The fourth-order valence-electron chi connectivity index (χ4n) is 3.02. The van der Waals surface area contributed by atoms with E-state index < -0.39 is 35.4 Å². The van der Waals surface area contributed by atoms with Gasteiger partial charge in [-0.2, -0.15) is 8.78 Å². The number of alkyl halides is 2. The predicted octanol–water partition coefficient (Wildman–Crippen LogP) is 2.02. The fourth-order valence-corrected chi connectivity index (χ4v) is 3.02. The van der Waals surface area contributed by atoms with Gasteiger partial charge in [0.1, 0.15) is 19.3 Å². The minimum absolute atomic E-state index is 0.174. The normalized spacial score (nSPS) is 26.7. The zero-order valence-electron chi connectivity index (χ0n) is 13.3. The van der Waals surface area contributed by atoms with Crippen LogP contribution in [0.2, 0.25) is 0 Å². The third kappa shape index (κ3) is 3.61. The van der Waals surface area contributed by atoms with Gasteiger partial charge in [-0.1, -0.05) is 0 Å². The van der Waals surface area contributed by atoms with E-state index in [1.807, 2.05) is 0 Å². The van der Waals surface area contributed by atoms with Gasteiger partial charge < -0.3 is 23.7 Å². The summed E-state index contributed by atoms with van der Waals surface area (Å²) in [5.74, 6) is -5.80. The quantitative estimate of drug-likeness (QED) is 0.705. The van der Waals surface area contributed by atoms with Gasteiger partial charge >= 0.3 is 18.0 Å². The van der Waals surface area contributed by atoms with Gasteiger partial charge in [-0.05, 0) is 12.8 Å². The van der Waals surface area contributed by atoms with Crippen LogP contribution in [0.4, 0.5) is 13.6 Å². The van der Waals surface area contributed by atoms with Gasteiger partial charge in [-0.25, -0.2) is 9.59 Å². The van der Waals surface area contributed by atoms with Crippen LogP contribution in [0.15, 0.2) is 0 Å². The molecule has 0 unspecified atom stereocenters. The summed E-state index contributed by atoms with van der Waals surface area (Å²) in [6, 6.07) is 0. The molecule has 3 rings (SSSR count). The van der Waals surface area contributed by atoms with Crippen LogP contribution in [0.3, 0.4) is 0 Å². The van der Waals surface area contributed by atoms with Crippen molar-refractivity contribution in [3.05, 3.63) is 0 Å². The number of halogens is 2. The van der Waals surface area contributed by atoms with E-state index in [0.29, 0.717) is 45.8 Å². The number of ether oxygens (including phenoxy) is 5. The third-order valence-corrected chi connectivity index (χ3v) is 4.60. The number of hydrogen-bond acceptors (Lipinski definition) is 7. The molecule has 7 nitrogen and oxygen atoms in total. The second kappa shape index (κ2) is 6.11. The molecular formula is C15H20F2O7. The third-order valence-electron chi connectivity index (χ3n) is 4.60. The Balaban J connectivity index is 1.49. The van der Waals surface area contributed by atoms with Crippen LogP contribution in [-0.4, -0.2) is 56.4 Å². The van der Waals surface area contributed by atoms with Crippen molar-refractivity contribution in [2.45, 2.75) is 50.4 Å². The second-order valence-corrected chi connectivity index (χ2v) is 6.81. The van der Waals surface area contributed by atoms with E-state index in [2.05, 4.69) is 0 Å². The van der Waals surface area contributed by atoms with Crippen LogP contribution in [0.1, 0.15) is 32.6 Å². The maximum Gasteiger partial charge on any atom is 0.508 e. The predicted molar refractivity (Wildman–Crippen MR) is 73.3 cm³/mol. The van der Waals surface area contributed by atoms with Crippen LogP contribution in [0.25, 0.3) is 0 Å².